The molecule has 9 heteroatoms. The third-order valence-corrected chi connectivity index (χ3v) is 3.76. The molecule has 3 rings (SSSR count). The van der Waals surface area contributed by atoms with Gasteiger partial charge in [0.2, 0.25) is 0 Å². The number of nitro groups is 1. The number of phenols is 1. The van der Waals surface area contributed by atoms with Crippen molar-refractivity contribution >= 4 is 17.3 Å². The minimum absolute atomic E-state index is 0.0375. The SMILES string of the molecule is COc1ccccc1OCc1ccc(C(=O)Nc2cc([N+](=O)[O-])ccc2O)o1. The first-order valence-corrected chi connectivity index (χ1v) is 8.11. The van der Waals surface area contributed by atoms with Crippen LogP contribution >= 0.6 is 0 Å². The normalized spacial score (nSPS) is 10.3. The second-order valence-corrected chi connectivity index (χ2v) is 5.62. The van der Waals surface area contributed by atoms with Crippen LogP contribution in [0.5, 0.6) is 17.2 Å². The molecule has 0 saturated carbocycles. The van der Waals surface area contributed by atoms with E-state index in [9.17, 15) is 20.0 Å². The molecule has 0 radical (unpaired) electrons. The number of nitrogens with zero attached hydrogens (tertiary/aromatic N) is 1. The molecule has 0 bridgehead atoms. The largest absolute Gasteiger partial charge is 0.506 e. The molecule has 144 valence electrons. The number of amides is 1. The summed E-state index contributed by atoms with van der Waals surface area (Å²) in [5.74, 6) is 0.468. The molecule has 0 aliphatic rings. The fourth-order valence-electron chi connectivity index (χ4n) is 2.39. The summed E-state index contributed by atoms with van der Waals surface area (Å²) < 4.78 is 16.2. The zero-order valence-corrected chi connectivity index (χ0v) is 14.7. The molecule has 0 saturated heterocycles. The predicted molar refractivity (Wildman–Crippen MR) is 98.7 cm³/mol. The predicted octanol–water partition coefficient (Wildman–Crippen LogP) is 3.73. The van der Waals surface area contributed by atoms with Crippen molar-refractivity contribution in [3.05, 3.63) is 76.2 Å². The lowest BCUT2D eigenvalue weighted by Gasteiger charge is -2.09. The van der Waals surface area contributed by atoms with Gasteiger partial charge in [-0.25, -0.2) is 0 Å². The highest BCUT2D eigenvalue weighted by Gasteiger charge is 2.16. The Kier molecular flexibility index (Phi) is 5.45. The van der Waals surface area contributed by atoms with Crippen LogP contribution in [0, 0.1) is 10.1 Å². The van der Waals surface area contributed by atoms with E-state index < -0.39 is 10.8 Å². The zero-order valence-electron chi connectivity index (χ0n) is 14.7. The monoisotopic (exact) mass is 384 g/mol. The number of methoxy groups -OCH3 is 1. The van der Waals surface area contributed by atoms with E-state index in [1.807, 2.05) is 6.07 Å². The Morgan fingerprint density at radius 1 is 1.18 bits per heavy atom. The van der Waals surface area contributed by atoms with Gasteiger partial charge in [-0.2, -0.15) is 0 Å². The maximum absolute atomic E-state index is 12.3. The van der Waals surface area contributed by atoms with Crippen LogP contribution in [0.15, 0.2) is 59.0 Å². The van der Waals surface area contributed by atoms with Gasteiger partial charge < -0.3 is 24.3 Å². The summed E-state index contributed by atoms with van der Waals surface area (Å²) in [5, 5.41) is 23.0. The molecular weight excluding hydrogens is 368 g/mol. The highest BCUT2D eigenvalue weighted by atomic mass is 16.6. The van der Waals surface area contributed by atoms with E-state index in [1.165, 1.54) is 13.2 Å². The number of carbonyl (C=O) groups is 1. The van der Waals surface area contributed by atoms with Gasteiger partial charge in [0.15, 0.2) is 17.3 Å². The minimum atomic E-state index is -0.667. The number of aromatic hydroxyl groups is 1. The highest BCUT2D eigenvalue weighted by Crippen LogP contribution is 2.29. The number of para-hydroxylation sites is 2. The summed E-state index contributed by atoms with van der Waals surface area (Å²) in [5.41, 5.74) is -0.360. The first-order valence-electron chi connectivity index (χ1n) is 8.11. The second kappa shape index (κ2) is 8.12. The fraction of sp³-hybridized carbons (Fsp3) is 0.105. The van der Waals surface area contributed by atoms with Crippen molar-refractivity contribution in [2.45, 2.75) is 6.61 Å². The highest BCUT2D eigenvalue weighted by molar-refractivity contribution is 6.03. The summed E-state index contributed by atoms with van der Waals surface area (Å²) >= 11 is 0. The Morgan fingerprint density at radius 3 is 2.64 bits per heavy atom. The molecule has 0 fully saturated rings. The fourth-order valence-corrected chi connectivity index (χ4v) is 2.39. The Bertz CT molecular complexity index is 1010. The average Bonchev–Trinajstić information content (AvgIpc) is 3.17. The number of rotatable bonds is 7. The van der Waals surface area contributed by atoms with E-state index in [1.54, 1.807) is 24.3 Å². The molecule has 0 atom stereocenters. The van der Waals surface area contributed by atoms with Gasteiger partial charge in [-0.05, 0) is 30.3 Å². The van der Waals surface area contributed by atoms with Crippen LogP contribution in [0.25, 0.3) is 0 Å². The second-order valence-electron chi connectivity index (χ2n) is 5.62. The lowest BCUT2D eigenvalue weighted by atomic mass is 10.2. The zero-order chi connectivity index (χ0) is 20.1. The number of carbonyl (C=O) groups excluding carboxylic acids is 1. The third-order valence-electron chi connectivity index (χ3n) is 3.76. The number of anilines is 1. The van der Waals surface area contributed by atoms with Crippen LogP contribution in [-0.2, 0) is 6.61 Å². The maximum Gasteiger partial charge on any atom is 0.291 e. The molecule has 0 aliphatic carbocycles. The van der Waals surface area contributed by atoms with Crippen molar-refractivity contribution in [3.63, 3.8) is 0 Å². The quantitative estimate of drug-likeness (QED) is 0.361. The molecule has 3 aromatic rings. The van der Waals surface area contributed by atoms with Crippen LogP contribution in [0.3, 0.4) is 0 Å². The van der Waals surface area contributed by atoms with Gasteiger partial charge in [0, 0.05) is 12.1 Å². The lowest BCUT2D eigenvalue weighted by molar-refractivity contribution is -0.384. The van der Waals surface area contributed by atoms with Crippen LogP contribution in [0.4, 0.5) is 11.4 Å². The van der Waals surface area contributed by atoms with Gasteiger partial charge in [-0.15, -0.1) is 0 Å². The molecule has 1 aromatic heterocycles. The molecule has 0 spiro atoms. The molecule has 2 N–H and O–H groups in total. The molecule has 0 unspecified atom stereocenters. The molecular formula is C19H16N2O7. The van der Waals surface area contributed by atoms with Crippen LogP contribution in [0.1, 0.15) is 16.3 Å². The van der Waals surface area contributed by atoms with Crippen molar-refractivity contribution in [2.75, 3.05) is 12.4 Å². The third kappa shape index (κ3) is 4.21. The summed E-state index contributed by atoms with van der Waals surface area (Å²) in [6, 6.07) is 13.4. The van der Waals surface area contributed by atoms with Gasteiger partial charge in [0.1, 0.15) is 18.1 Å². The molecule has 28 heavy (non-hydrogen) atoms. The number of nitrogens with one attached hydrogen (secondary N) is 1. The first kappa shape index (κ1) is 18.8. The van der Waals surface area contributed by atoms with Gasteiger partial charge in [-0.3, -0.25) is 14.9 Å². The molecule has 2 aromatic carbocycles. The molecule has 9 nitrogen and oxygen atoms in total. The number of phenolic OH excluding ortho intramolecular Hbond substituents is 1. The van der Waals surface area contributed by atoms with E-state index in [4.69, 9.17) is 13.9 Å². The minimum Gasteiger partial charge on any atom is -0.506 e. The van der Waals surface area contributed by atoms with Crippen molar-refractivity contribution in [3.8, 4) is 17.2 Å². The molecule has 1 amide bonds. The number of furan rings is 1. The number of hydrogen-bond acceptors (Lipinski definition) is 7. The number of non-ortho nitro benzene ring substituents is 1. The van der Waals surface area contributed by atoms with E-state index in [2.05, 4.69) is 5.32 Å². The van der Waals surface area contributed by atoms with Crippen molar-refractivity contribution in [2.24, 2.45) is 0 Å². The van der Waals surface area contributed by atoms with E-state index >= 15 is 0 Å². The van der Waals surface area contributed by atoms with Gasteiger partial charge >= 0.3 is 0 Å². The number of hydrogen-bond donors (Lipinski definition) is 2. The Morgan fingerprint density at radius 2 is 1.93 bits per heavy atom. The van der Waals surface area contributed by atoms with Crippen LogP contribution < -0.4 is 14.8 Å². The number of ether oxygens (including phenoxy) is 2. The topological polar surface area (TPSA) is 124 Å². The number of nitro benzene ring substituents is 1. The maximum atomic E-state index is 12.3. The Hall–Kier alpha value is -4.01. The van der Waals surface area contributed by atoms with E-state index in [0.29, 0.717) is 17.3 Å². The van der Waals surface area contributed by atoms with Gasteiger partial charge in [0.05, 0.1) is 17.7 Å². The van der Waals surface area contributed by atoms with E-state index in [-0.39, 0.29) is 29.5 Å². The summed E-state index contributed by atoms with van der Waals surface area (Å²) in [7, 11) is 1.53. The van der Waals surface area contributed by atoms with Crippen molar-refractivity contribution in [1.82, 2.24) is 0 Å². The lowest BCUT2D eigenvalue weighted by Crippen LogP contribution is -2.11. The first-order chi connectivity index (χ1) is 13.5. The van der Waals surface area contributed by atoms with Gasteiger partial charge in [0.25, 0.3) is 11.6 Å². The van der Waals surface area contributed by atoms with Crippen LogP contribution in [0.2, 0.25) is 0 Å². The standard InChI is InChI=1S/C19H16N2O7/c1-26-16-4-2-3-5-17(16)27-11-13-7-9-18(28-13)19(23)20-14-10-12(21(24)25)6-8-15(14)22/h2-10,22H,11H2,1H3,(H,20,23). The Balaban J connectivity index is 1.67. The summed E-state index contributed by atoms with van der Waals surface area (Å²) in [6.45, 7) is 0.0652. The smallest absolute Gasteiger partial charge is 0.291 e. The Labute approximate surface area is 159 Å². The molecule has 1 heterocycles. The number of benzene rings is 2. The van der Waals surface area contributed by atoms with E-state index in [0.717, 1.165) is 18.2 Å². The van der Waals surface area contributed by atoms with Crippen molar-refractivity contribution in [1.29, 1.82) is 0 Å². The molecule has 0 aliphatic heterocycles. The average molecular weight is 384 g/mol. The van der Waals surface area contributed by atoms with Crippen LogP contribution in [-0.4, -0.2) is 23.0 Å². The summed E-state index contributed by atoms with van der Waals surface area (Å²) in [6.07, 6.45) is 0. The summed E-state index contributed by atoms with van der Waals surface area (Å²) in [4.78, 5) is 22.5. The van der Waals surface area contributed by atoms with Gasteiger partial charge in [-0.1, -0.05) is 12.1 Å². The van der Waals surface area contributed by atoms with Crippen molar-refractivity contribution < 1.29 is 28.7 Å².